The maximum atomic E-state index is 14.5. The maximum Gasteiger partial charge on any atom is 0.305 e. The smallest absolute Gasteiger partial charge is 0.305 e. The number of phenols is 1. The summed E-state index contributed by atoms with van der Waals surface area (Å²) in [4.78, 5) is 82.6. The molecule has 0 aromatic heterocycles. The van der Waals surface area contributed by atoms with E-state index in [2.05, 4.69) is 0 Å². The normalized spacial score (nSPS) is 33.6. The third kappa shape index (κ3) is 5.38. The van der Waals surface area contributed by atoms with Gasteiger partial charge >= 0.3 is 5.97 Å². The SMILES string of the molecule is CCC(=O)O[C@H]1[C@H]2C(C(=O)c3c(O)cccc3[C@H]2CCC2CCCC2)C(=O)[C@]2(O)C(=O)C(C(=O)CCC3CCCC3)C(=O)C[C@H]12. The van der Waals surface area contributed by atoms with Crippen molar-refractivity contribution in [2.75, 3.05) is 0 Å². The number of Topliss-reactive ketones (excluding diaryl/α,β-unsaturated/α-hetero) is 5. The van der Waals surface area contributed by atoms with Crippen LogP contribution in [-0.4, -0.2) is 56.8 Å². The number of benzene rings is 1. The molecule has 6 rings (SSSR count). The second-order valence-corrected chi connectivity index (χ2v) is 14.2. The highest BCUT2D eigenvalue weighted by Crippen LogP contribution is 2.56. The lowest BCUT2D eigenvalue weighted by Gasteiger charge is -2.54. The van der Waals surface area contributed by atoms with Crippen LogP contribution in [0.4, 0.5) is 0 Å². The van der Waals surface area contributed by atoms with Crippen molar-refractivity contribution in [1.29, 1.82) is 0 Å². The van der Waals surface area contributed by atoms with Crippen molar-refractivity contribution >= 4 is 34.9 Å². The van der Waals surface area contributed by atoms with Gasteiger partial charge in [-0.3, -0.25) is 28.8 Å². The molecule has 7 atom stereocenters. The van der Waals surface area contributed by atoms with E-state index in [1.165, 1.54) is 6.07 Å². The van der Waals surface area contributed by atoms with Gasteiger partial charge in [0.2, 0.25) is 0 Å². The molecule has 45 heavy (non-hydrogen) atoms. The number of esters is 1. The average Bonchev–Trinajstić information content (AvgIpc) is 3.74. The Kier molecular flexibility index (Phi) is 8.85. The Morgan fingerprint density at radius 3 is 2.20 bits per heavy atom. The molecule has 0 spiro atoms. The number of aliphatic hydroxyl groups is 1. The number of carbonyl (C=O) groups is 6. The van der Waals surface area contributed by atoms with E-state index in [0.717, 1.165) is 57.8 Å². The molecule has 5 aliphatic rings. The fourth-order valence-electron chi connectivity index (χ4n) is 9.39. The van der Waals surface area contributed by atoms with Gasteiger partial charge < -0.3 is 14.9 Å². The fraction of sp³-hybridized carbons (Fsp3) is 0.667. The molecule has 0 amide bonds. The molecule has 2 N–H and O–H groups in total. The van der Waals surface area contributed by atoms with Gasteiger partial charge in [0.15, 0.2) is 34.5 Å². The summed E-state index contributed by atoms with van der Waals surface area (Å²) in [5.41, 5.74) is -2.33. The van der Waals surface area contributed by atoms with Gasteiger partial charge in [-0.15, -0.1) is 0 Å². The number of ether oxygens (including phenoxy) is 1. The van der Waals surface area contributed by atoms with Crippen LogP contribution in [0.15, 0.2) is 18.2 Å². The largest absolute Gasteiger partial charge is 0.507 e. The van der Waals surface area contributed by atoms with Crippen LogP contribution in [0.5, 0.6) is 5.75 Å². The third-order valence-corrected chi connectivity index (χ3v) is 11.7. The van der Waals surface area contributed by atoms with Gasteiger partial charge in [-0.05, 0) is 48.6 Å². The summed E-state index contributed by atoms with van der Waals surface area (Å²) in [6.45, 7) is 1.59. The summed E-state index contributed by atoms with van der Waals surface area (Å²) in [6, 6.07) is 4.74. The van der Waals surface area contributed by atoms with Crippen LogP contribution in [0.2, 0.25) is 0 Å². The van der Waals surface area contributed by atoms with E-state index in [4.69, 9.17) is 4.74 Å². The number of carbonyl (C=O) groups excluding carboxylic acids is 6. The predicted octanol–water partition coefficient (Wildman–Crippen LogP) is 4.82. The highest BCUT2D eigenvalue weighted by atomic mass is 16.5. The number of aromatic hydroxyl groups is 1. The van der Waals surface area contributed by atoms with Gasteiger partial charge in [0, 0.05) is 31.1 Å². The van der Waals surface area contributed by atoms with Crippen LogP contribution in [0.25, 0.3) is 0 Å². The molecule has 9 heteroatoms. The van der Waals surface area contributed by atoms with E-state index < -0.39 is 82.6 Å². The molecule has 242 valence electrons. The van der Waals surface area contributed by atoms with Crippen molar-refractivity contribution in [3.05, 3.63) is 29.3 Å². The number of ketones is 5. The minimum absolute atomic E-state index is 0.00846. The average molecular weight is 621 g/mol. The molecule has 2 unspecified atom stereocenters. The van der Waals surface area contributed by atoms with Crippen molar-refractivity contribution in [2.24, 2.45) is 35.5 Å². The van der Waals surface area contributed by atoms with Gasteiger partial charge in [-0.25, -0.2) is 0 Å². The molecule has 0 bridgehead atoms. The molecule has 9 nitrogen and oxygen atoms in total. The van der Waals surface area contributed by atoms with Crippen LogP contribution in [0.1, 0.15) is 119 Å². The zero-order valence-electron chi connectivity index (χ0n) is 26.0. The van der Waals surface area contributed by atoms with Crippen molar-refractivity contribution in [1.82, 2.24) is 0 Å². The van der Waals surface area contributed by atoms with E-state index in [9.17, 15) is 39.0 Å². The first kappa shape index (κ1) is 31.8. The molecule has 4 fully saturated rings. The Balaban J connectivity index is 1.41. The van der Waals surface area contributed by atoms with Crippen LogP contribution in [-0.2, 0) is 28.7 Å². The highest BCUT2D eigenvalue weighted by Gasteiger charge is 2.71. The number of hydrogen-bond acceptors (Lipinski definition) is 9. The van der Waals surface area contributed by atoms with E-state index in [-0.39, 0.29) is 24.2 Å². The van der Waals surface area contributed by atoms with Gasteiger partial charge in [0.1, 0.15) is 17.8 Å². The zero-order valence-corrected chi connectivity index (χ0v) is 26.0. The van der Waals surface area contributed by atoms with Crippen molar-refractivity contribution in [2.45, 2.75) is 114 Å². The molecule has 0 heterocycles. The molecule has 1 aromatic rings. The van der Waals surface area contributed by atoms with Crippen LogP contribution >= 0.6 is 0 Å². The number of hydrogen-bond donors (Lipinski definition) is 2. The second kappa shape index (κ2) is 12.5. The highest BCUT2D eigenvalue weighted by molar-refractivity contribution is 6.32. The lowest BCUT2D eigenvalue weighted by atomic mass is 9.49. The standard InChI is InChI=1S/C36H44O9/c1-2-27(40)45-33-23-18-26(39)30(25(38)17-15-20-10-5-6-11-20)34(42)36(23,44)35(43)31-29(33)22(16-14-19-8-3-4-9-19)21-12-7-13-24(37)28(21)32(31)41/h7,12-13,19-20,22-23,29-31,33,37,44H,2-6,8-11,14-18H2,1H3/t22-,23-,29-,30?,31?,33-,36-/m1/s1. The lowest BCUT2D eigenvalue weighted by molar-refractivity contribution is -0.199. The molecule has 1 aromatic carbocycles. The fourth-order valence-corrected chi connectivity index (χ4v) is 9.39. The van der Waals surface area contributed by atoms with Gasteiger partial charge in [0.05, 0.1) is 11.5 Å². The third-order valence-electron chi connectivity index (χ3n) is 11.7. The van der Waals surface area contributed by atoms with Crippen molar-refractivity contribution < 1.29 is 43.7 Å². The maximum absolute atomic E-state index is 14.5. The molecule has 4 saturated carbocycles. The van der Waals surface area contributed by atoms with Gasteiger partial charge in [-0.2, -0.15) is 0 Å². The molecular weight excluding hydrogens is 576 g/mol. The Hall–Kier alpha value is -3.20. The minimum Gasteiger partial charge on any atom is -0.507 e. The Labute approximate surface area is 263 Å². The summed E-state index contributed by atoms with van der Waals surface area (Å²) in [7, 11) is 0. The first-order valence-corrected chi connectivity index (χ1v) is 17.0. The molecule has 0 saturated heterocycles. The first-order chi connectivity index (χ1) is 21.6. The Morgan fingerprint density at radius 2 is 1.56 bits per heavy atom. The molecule has 0 radical (unpaired) electrons. The Morgan fingerprint density at radius 1 is 0.911 bits per heavy atom. The quantitative estimate of drug-likeness (QED) is 0.292. The van der Waals surface area contributed by atoms with Gasteiger partial charge in [-0.1, -0.05) is 70.4 Å². The van der Waals surface area contributed by atoms with Crippen LogP contribution in [0, 0.1) is 35.5 Å². The van der Waals surface area contributed by atoms with Crippen molar-refractivity contribution in [3.63, 3.8) is 0 Å². The van der Waals surface area contributed by atoms with Crippen LogP contribution < -0.4 is 0 Å². The van der Waals surface area contributed by atoms with E-state index in [1.807, 2.05) is 0 Å². The van der Waals surface area contributed by atoms with E-state index >= 15 is 0 Å². The number of rotatable bonds is 9. The monoisotopic (exact) mass is 620 g/mol. The van der Waals surface area contributed by atoms with E-state index in [1.54, 1.807) is 19.1 Å². The molecule has 0 aliphatic heterocycles. The topological polar surface area (TPSA) is 152 Å². The second-order valence-electron chi connectivity index (χ2n) is 14.2. The minimum atomic E-state index is -2.85. The summed E-state index contributed by atoms with van der Waals surface area (Å²) in [5, 5.41) is 23.0. The Bertz CT molecular complexity index is 1400. The summed E-state index contributed by atoms with van der Waals surface area (Å²) in [6.07, 6.45) is 8.56. The molecule has 5 aliphatic carbocycles. The summed E-state index contributed by atoms with van der Waals surface area (Å²) < 4.78 is 5.94. The van der Waals surface area contributed by atoms with Gasteiger partial charge in [0.25, 0.3) is 0 Å². The molecular formula is C36H44O9. The predicted molar refractivity (Wildman–Crippen MR) is 161 cm³/mol. The number of fused-ring (bicyclic) bond motifs is 3. The number of phenolic OH excluding ortho intramolecular Hbond substituents is 1. The van der Waals surface area contributed by atoms with E-state index in [0.29, 0.717) is 30.2 Å². The van der Waals surface area contributed by atoms with Crippen molar-refractivity contribution in [3.8, 4) is 5.75 Å². The first-order valence-electron chi connectivity index (χ1n) is 17.0. The lowest BCUT2D eigenvalue weighted by Crippen LogP contribution is -2.72. The van der Waals surface area contributed by atoms with Crippen LogP contribution in [0.3, 0.4) is 0 Å². The summed E-state index contributed by atoms with van der Waals surface area (Å²) in [5.74, 6) is -10.7. The zero-order chi connectivity index (χ0) is 32.0. The summed E-state index contributed by atoms with van der Waals surface area (Å²) >= 11 is 0.